The van der Waals surface area contributed by atoms with E-state index < -0.39 is 11.6 Å². The Morgan fingerprint density at radius 2 is 1.20 bits per heavy atom. The largest absolute Gasteiger partial charge is 0.496 e. The van der Waals surface area contributed by atoms with Crippen LogP contribution in [0.15, 0.2) is 91.0 Å². The molecule has 0 heterocycles. The molecule has 0 saturated heterocycles. The molecule has 0 aliphatic heterocycles. The van der Waals surface area contributed by atoms with E-state index in [1.807, 2.05) is 84.9 Å². The Balaban J connectivity index is 1.96. The maximum atomic E-state index is 12.3. The highest BCUT2D eigenvalue weighted by Crippen LogP contribution is 2.46. The van der Waals surface area contributed by atoms with Crippen molar-refractivity contribution in [2.45, 2.75) is 11.6 Å². The second kappa shape index (κ2) is 8.19. The number of rotatable bonds is 6. The number of hydrogen-bond donors (Lipinski definition) is 2. The predicted octanol–water partition coefficient (Wildman–Crippen LogP) is 4.79. The van der Waals surface area contributed by atoms with Crippen LogP contribution in [0.3, 0.4) is 0 Å². The normalized spacial score (nSPS) is 12.5. The Bertz CT molecular complexity index is 1120. The number of benzene rings is 4. The fourth-order valence-electron chi connectivity index (χ4n) is 4.04. The highest BCUT2D eigenvalue weighted by Gasteiger charge is 2.43. The highest BCUT2D eigenvalue weighted by atomic mass is 16.5. The molecule has 0 aliphatic rings. The molecule has 0 bridgehead atoms. The van der Waals surface area contributed by atoms with Gasteiger partial charge in [0.15, 0.2) is 0 Å². The fourth-order valence-corrected chi connectivity index (χ4v) is 4.04. The second-order valence-corrected chi connectivity index (χ2v) is 7.25. The zero-order chi connectivity index (χ0) is 21.1. The molecule has 30 heavy (non-hydrogen) atoms. The summed E-state index contributed by atoms with van der Waals surface area (Å²) in [5.41, 5.74) is 7.21. The zero-order valence-corrected chi connectivity index (χ0v) is 17.1. The molecule has 4 heteroatoms. The second-order valence-electron chi connectivity index (χ2n) is 7.25. The van der Waals surface area contributed by atoms with Gasteiger partial charge in [-0.2, -0.15) is 0 Å². The molecule has 0 spiro atoms. The molecule has 0 saturated carbocycles. The van der Waals surface area contributed by atoms with E-state index in [9.17, 15) is 5.11 Å². The summed E-state index contributed by atoms with van der Waals surface area (Å²) in [6.45, 7) is 0. The van der Waals surface area contributed by atoms with Gasteiger partial charge in [0.2, 0.25) is 0 Å². The molecular formula is C26H25NO3. The van der Waals surface area contributed by atoms with Crippen LogP contribution in [-0.2, 0) is 5.60 Å². The van der Waals surface area contributed by atoms with Crippen LogP contribution in [0, 0.1) is 0 Å². The van der Waals surface area contributed by atoms with Crippen LogP contribution in [0.5, 0.6) is 11.5 Å². The SMILES string of the molecule is COc1ccccc1C(O)(c1ccccc1OC)[C@H](N)c1ccc2ccccc2c1. The van der Waals surface area contributed by atoms with Gasteiger partial charge >= 0.3 is 0 Å². The van der Waals surface area contributed by atoms with Crippen molar-refractivity contribution < 1.29 is 14.6 Å². The highest BCUT2D eigenvalue weighted by molar-refractivity contribution is 5.83. The average molecular weight is 399 g/mol. The van der Waals surface area contributed by atoms with Crippen LogP contribution in [0.25, 0.3) is 10.8 Å². The molecule has 0 aliphatic carbocycles. The minimum absolute atomic E-state index is 0.558. The minimum atomic E-state index is -1.58. The van der Waals surface area contributed by atoms with Gasteiger partial charge in [0.25, 0.3) is 0 Å². The molecule has 3 N–H and O–H groups in total. The van der Waals surface area contributed by atoms with Gasteiger partial charge in [-0.25, -0.2) is 0 Å². The summed E-state index contributed by atoms with van der Waals surface area (Å²) in [6.07, 6.45) is 0. The van der Waals surface area contributed by atoms with E-state index in [0.717, 1.165) is 16.3 Å². The number of ether oxygens (including phenoxy) is 2. The lowest BCUT2D eigenvalue weighted by molar-refractivity contribution is 0.0463. The van der Waals surface area contributed by atoms with Gasteiger partial charge in [-0.1, -0.05) is 72.8 Å². The number of nitrogens with two attached hydrogens (primary N) is 1. The van der Waals surface area contributed by atoms with Crippen LogP contribution in [0.1, 0.15) is 22.7 Å². The van der Waals surface area contributed by atoms with E-state index in [1.165, 1.54) is 0 Å². The van der Waals surface area contributed by atoms with Crippen molar-refractivity contribution in [2.75, 3.05) is 14.2 Å². The molecular weight excluding hydrogens is 374 g/mol. The Kier molecular flexibility index (Phi) is 5.44. The first-order valence-corrected chi connectivity index (χ1v) is 9.83. The van der Waals surface area contributed by atoms with E-state index in [4.69, 9.17) is 15.2 Å². The smallest absolute Gasteiger partial charge is 0.141 e. The van der Waals surface area contributed by atoms with Crippen molar-refractivity contribution in [3.05, 3.63) is 108 Å². The first kappa shape index (κ1) is 20.0. The van der Waals surface area contributed by atoms with Crippen molar-refractivity contribution in [3.8, 4) is 11.5 Å². The van der Waals surface area contributed by atoms with Crippen molar-refractivity contribution >= 4 is 10.8 Å². The van der Waals surface area contributed by atoms with E-state index in [2.05, 4.69) is 6.07 Å². The molecule has 4 aromatic carbocycles. The summed E-state index contributed by atoms with van der Waals surface area (Å²) in [5.74, 6) is 1.12. The maximum Gasteiger partial charge on any atom is 0.141 e. The monoisotopic (exact) mass is 399 g/mol. The lowest BCUT2D eigenvalue weighted by atomic mass is 9.76. The number of methoxy groups -OCH3 is 2. The number of aliphatic hydroxyl groups is 1. The summed E-state index contributed by atoms with van der Waals surface area (Å²) in [5, 5.41) is 14.5. The van der Waals surface area contributed by atoms with E-state index in [0.29, 0.717) is 22.6 Å². The van der Waals surface area contributed by atoms with Crippen LogP contribution < -0.4 is 15.2 Å². The Labute approximate surface area is 176 Å². The summed E-state index contributed by atoms with van der Waals surface area (Å²) in [7, 11) is 3.17. The van der Waals surface area contributed by atoms with Gasteiger partial charge in [-0.3, -0.25) is 0 Å². The molecule has 152 valence electrons. The molecule has 4 rings (SSSR count). The van der Waals surface area contributed by atoms with Gasteiger partial charge in [-0.05, 0) is 34.5 Å². The van der Waals surface area contributed by atoms with Crippen LogP contribution in [0.2, 0.25) is 0 Å². The molecule has 4 aromatic rings. The lowest BCUT2D eigenvalue weighted by Gasteiger charge is -2.37. The number of para-hydroxylation sites is 2. The topological polar surface area (TPSA) is 64.7 Å². The first-order valence-electron chi connectivity index (χ1n) is 9.83. The lowest BCUT2D eigenvalue weighted by Crippen LogP contribution is -2.40. The summed E-state index contributed by atoms with van der Waals surface area (Å²) >= 11 is 0. The first-order chi connectivity index (χ1) is 14.6. The van der Waals surface area contributed by atoms with E-state index in [-0.39, 0.29) is 0 Å². The van der Waals surface area contributed by atoms with Crippen LogP contribution >= 0.6 is 0 Å². The molecule has 0 unspecified atom stereocenters. The van der Waals surface area contributed by atoms with Crippen molar-refractivity contribution in [3.63, 3.8) is 0 Å². The van der Waals surface area contributed by atoms with Gasteiger partial charge in [-0.15, -0.1) is 0 Å². The number of fused-ring (bicyclic) bond motifs is 1. The predicted molar refractivity (Wildman–Crippen MR) is 120 cm³/mol. The molecule has 1 atom stereocenters. The maximum absolute atomic E-state index is 12.3. The summed E-state index contributed by atoms with van der Waals surface area (Å²) < 4.78 is 11.2. The third-order valence-corrected chi connectivity index (χ3v) is 5.62. The van der Waals surface area contributed by atoms with Crippen molar-refractivity contribution in [2.24, 2.45) is 5.73 Å². The fraction of sp³-hybridized carbons (Fsp3) is 0.154. The van der Waals surface area contributed by atoms with Crippen molar-refractivity contribution in [1.82, 2.24) is 0 Å². The summed E-state index contributed by atoms with van der Waals surface area (Å²) in [6, 6.07) is 28.1. The zero-order valence-electron chi connectivity index (χ0n) is 17.1. The summed E-state index contributed by atoms with van der Waals surface area (Å²) in [4.78, 5) is 0. The van der Waals surface area contributed by atoms with Gasteiger partial charge in [0.1, 0.15) is 17.1 Å². The molecule has 0 fully saturated rings. The van der Waals surface area contributed by atoms with Gasteiger partial charge < -0.3 is 20.3 Å². The Morgan fingerprint density at radius 1 is 0.700 bits per heavy atom. The van der Waals surface area contributed by atoms with Crippen molar-refractivity contribution in [1.29, 1.82) is 0 Å². The molecule has 0 radical (unpaired) electrons. The molecule has 0 aromatic heterocycles. The van der Waals surface area contributed by atoms with Gasteiger partial charge in [0, 0.05) is 11.1 Å². The van der Waals surface area contributed by atoms with Gasteiger partial charge in [0.05, 0.1) is 20.3 Å². The van der Waals surface area contributed by atoms with E-state index in [1.54, 1.807) is 14.2 Å². The Morgan fingerprint density at radius 3 is 1.77 bits per heavy atom. The minimum Gasteiger partial charge on any atom is -0.496 e. The average Bonchev–Trinajstić information content (AvgIpc) is 2.82. The standard InChI is InChI=1S/C26H25NO3/c1-29-23-13-7-5-11-21(23)26(28,22-12-6-8-14-24(22)30-2)25(27)20-16-15-18-9-3-4-10-19(18)17-20/h3-17,25,28H,27H2,1-2H3/t25-/m1/s1. The third kappa shape index (κ3) is 3.30. The van der Waals surface area contributed by atoms with Crippen LogP contribution in [0.4, 0.5) is 0 Å². The number of hydrogen-bond acceptors (Lipinski definition) is 4. The van der Waals surface area contributed by atoms with E-state index >= 15 is 0 Å². The quantitative estimate of drug-likeness (QED) is 0.489. The Hall–Kier alpha value is -3.34. The molecule has 0 amide bonds. The third-order valence-electron chi connectivity index (χ3n) is 5.62. The molecule has 4 nitrogen and oxygen atoms in total. The van der Waals surface area contributed by atoms with Crippen LogP contribution in [-0.4, -0.2) is 19.3 Å².